The molecule has 0 spiro atoms. The molecular formula is C9H9NO5. The van der Waals surface area contributed by atoms with Gasteiger partial charge in [-0.05, 0) is 6.07 Å². The summed E-state index contributed by atoms with van der Waals surface area (Å²) in [5.41, 5.74) is -0.771. The molecule has 0 fully saturated rings. The van der Waals surface area contributed by atoms with E-state index in [0.29, 0.717) is 0 Å². The van der Waals surface area contributed by atoms with Gasteiger partial charge in [-0.25, -0.2) is 9.59 Å². The molecule has 15 heavy (non-hydrogen) atoms. The molecule has 1 aromatic rings. The number of rotatable bonds is 2. The lowest BCUT2D eigenvalue weighted by molar-refractivity contribution is 0.0597. The Morgan fingerprint density at radius 2 is 1.80 bits per heavy atom. The Kier molecular flexibility index (Phi) is 3.22. The van der Waals surface area contributed by atoms with Crippen LogP contribution in [0.4, 0.5) is 0 Å². The van der Waals surface area contributed by atoms with Crippen LogP contribution in [0.15, 0.2) is 17.1 Å². The zero-order chi connectivity index (χ0) is 11.4. The number of carbonyl (C=O) groups excluding carboxylic acids is 2. The lowest BCUT2D eigenvalue weighted by Crippen LogP contribution is -2.20. The standard InChI is InChI=1S/C9H9NO5/c1-14-8(12)5-3-6(9(13)15-2)7(11)10-4-5/h3-4H,1-2H3,(H,10,11). The number of H-pyrrole nitrogens is 1. The molecule has 80 valence electrons. The second kappa shape index (κ2) is 4.41. The van der Waals surface area contributed by atoms with Crippen molar-refractivity contribution in [3.8, 4) is 0 Å². The predicted molar refractivity (Wildman–Crippen MR) is 49.7 cm³/mol. The first kappa shape index (κ1) is 11.0. The highest BCUT2D eigenvalue weighted by atomic mass is 16.5. The molecule has 0 saturated carbocycles. The van der Waals surface area contributed by atoms with Crippen LogP contribution in [0, 0.1) is 0 Å². The molecule has 0 atom stereocenters. The number of ether oxygens (including phenoxy) is 2. The molecule has 0 amide bonds. The van der Waals surface area contributed by atoms with Crippen molar-refractivity contribution >= 4 is 11.9 Å². The van der Waals surface area contributed by atoms with E-state index >= 15 is 0 Å². The highest BCUT2D eigenvalue weighted by Crippen LogP contribution is 2.01. The monoisotopic (exact) mass is 211 g/mol. The van der Waals surface area contributed by atoms with Crippen molar-refractivity contribution in [2.45, 2.75) is 0 Å². The van der Waals surface area contributed by atoms with Crippen LogP contribution >= 0.6 is 0 Å². The van der Waals surface area contributed by atoms with E-state index in [9.17, 15) is 14.4 Å². The van der Waals surface area contributed by atoms with Crippen molar-refractivity contribution in [3.63, 3.8) is 0 Å². The fraction of sp³-hybridized carbons (Fsp3) is 0.222. The van der Waals surface area contributed by atoms with Crippen LogP contribution < -0.4 is 5.56 Å². The maximum absolute atomic E-state index is 11.2. The topological polar surface area (TPSA) is 85.5 Å². The van der Waals surface area contributed by atoms with E-state index in [2.05, 4.69) is 14.5 Å². The van der Waals surface area contributed by atoms with E-state index in [1.807, 2.05) is 0 Å². The Morgan fingerprint density at radius 3 is 2.33 bits per heavy atom. The summed E-state index contributed by atoms with van der Waals surface area (Å²) >= 11 is 0. The zero-order valence-corrected chi connectivity index (χ0v) is 8.20. The van der Waals surface area contributed by atoms with Crippen molar-refractivity contribution in [2.75, 3.05) is 14.2 Å². The van der Waals surface area contributed by atoms with E-state index in [4.69, 9.17) is 0 Å². The molecule has 0 aliphatic carbocycles. The first-order chi connectivity index (χ1) is 7.10. The number of aromatic amines is 1. The molecule has 1 N–H and O–H groups in total. The van der Waals surface area contributed by atoms with Crippen molar-refractivity contribution in [1.29, 1.82) is 0 Å². The van der Waals surface area contributed by atoms with E-state index in [1.165, 1.54) is 13.3 Å². The minimum Gasteiger partial charge on any atom is -0.465 e. The lowest BCUT2D eigenvalue weighted by atomic mass is 10.2. The highest BCUT2D eigenvalue weighted by molar-refractivity contribution is 5.94. The van der Waals surface area contributed by atoms with E-state index in [1.54, 1.807) is 0 Å². The number of hydrogen-bond acceptors (Lipinski definition) is 5. The molecule has 0 radical (unpaired) electrons. The minimum atomic E-state index is -0.804. The zero-order valence-electron chi connectivity index (χ0n) is 8.20. The predicted octanol–water partition coefficient (Wildman–Crippen LogP) is -0.0519. The highest BCUT2D eigenvalue weighted by Gasteiger charge is 2.14. The first-order valence-electron chi connectivity index (χ1n) is 3.99. The van der Waals surface area contributed by atoms with Gasteiger partial charge in [0.2, 0.25) is 0 Å². The van der Waals surface area contributed by atoms with Gasteiger partial charge in [-0.2, -0.15) is 0 Å². The van der Waals surface area contributed by atoms with Crippen LogP contribution in [-0.4, -0.2) is 31.1 Å². The Balaban J connectivity index is 3.22. The molecule has 0 aliphatic rings. The number of nitrogens with one attached hydrogen (secondary N) is 1. The van der Waals surface area contributed by atoms with Gasteiger partial charge in [-0.3, -0.25) is 4.79 Å². The third-order valence-electron chi connectivity index (χ3n) is 1.73. The summed E-state index contributed by atoms with van der Waals surface area (Å²) < 4.78 is 8.81. The maximum atomic E-state index is 11.2. The third-order valence-corrected chi connectivity index (χ3v) is 1.73. The van der Waals surface area contributed by atoms with Gasteiger partial charge in [0.05, 0.1) is 19.8 Å². The quantitative estimate of drug-likeness (QED) is 0.693. The maximum Gasteiger partial charge on any atom is 0.343 e. The Hall–Kier alpha value is -2.11. The summed E-state index contributed by atoms with van der Waals surface area (Å²) in [6.07, 6.45) is 1.17. The van der Waals surface area contributed by atoms with Gasteiger partial charge in [0.1, 0.15) is 5.56 Å². The second-order valence-corrected chi connectivity index (χ2v) is 2.61. The molecular weight excluding hydrogens is 202 g/mol. The fourth-order valence-electron chi connectivity index (χ4n) is 0.981. The summed E-state index contributed by atoms with van der Waals surface area (Å²) in [6, 6.07) is 1.12. The molecule has 1 heterocycles. The first-order valence-corrected chi connectivity index (χ1v) is 3.99. The Labute approximate surface area is 84.8 Å². The van der Waals surface area contributed by atoms with Crippen LogP contribution in [0.3, 0.4) is 0 Å². The average Bonchev–Trinajstić information content (AvgIpc) is 2.27. The summed E-state index contributed by atoms with van der Waals surface area (Å²) in [4.78, 5) is 35.6. The molecule has 0 bridgehead atoms. The summed E-state index contributed by atoms with van der Waals surface area (Å²) in [5, 5.41) is 0. The van der Waals surface area contributed by atoms with Crippen LogP contribution in [-0.2, 0) is 9.47 Å². The van der Waals surface area contributed by atoms with Gasteiger partial charge in [0.15, 0.2) is 0 Å². The number of aromatic nitrogens is 1. The molecule has 0 saturated heterocycles. The Bertz CT molecular complexity index is 448. The average molecular weight is 211 g/mol. The molecule has 0 aromatic carbocycles. The van der Waals surface area contributed by atoms with Crippen molar-refractivity contribution < 1.29 is 19.1 Å². The molecule has 6 heteroatoms. The van der Waals surface area contributed by atoms with E-state index in [-0.39, 0.29) is 11.1 Å². The van der Waals surface area contributed by atoms with Crippen molar-refractivity contribution in [1.82, 2.24) is 4.98 Å². The van der Waals surface area contributed by atoms with Crippen LogP contribution in [0.5, 0.6) is 0 Å². The minimum absolute atomic E-state index is 0.0810. The normalized spacial score (nSPS) is 9.47. The number of carbonyl (C=O) groups is 2. The third kappa shape index (κ3) is 2.22. The molecule has 1 aromatic heterocycles. The summed E-state index contributed by atoms with van der Waals surface area (Å²) in [5.74, 6) is -1.45. The smallest absolute Gasteiger partial charge is 0.343 e. The van der Waals surface area contributed by atoms with Gasteiger partial charge in [-0.1, -0.05) is 0 Å². The van der Waals surface area contributed by atoms with Gasteiger partial charge >= 0.3 is 11.9 Å². The van der Waals surface area contributed by atoms with Crippen LogP contribution in [0.25, 0.3) is 0 Å². The molecule has 0 unspecified atom stereocenters. The lowest BCUT2D eigenvalue weighted by Gasteiger charge is -2.01. The number of hydrogen-bond donors (Lipinski definition) is 1. The number of pyridine rings is 1. The van der Waals surface area contributed by atoms with Crippen molar-refractivity contribution in [2.24, 2.45) is 0 Å². The van der Waals surface area contributed by atoms with Gasteiger partial charge in [0, 0.05) is 6.20 Å². The second-order valence-electron chi connectivity index (χ2n) is 2.61. The van der Waals surface area contributed by atoms with Gasteiger partial charge in [0.25, 0.3) is 5.56 Å². The van der Waals surface area contributed by atoms with Crippen molar-refractivity contribution in [3.05, 3.63) is 33.7 Å². The molecule has 6 nitrogen and oxygen atoms in total. The largest absolute Gasteiger partial charge is 0.465 e. The SMILES string of the molecule is COC(=O)c1c[nH]c(=O)c(C(=O)OC)c1. The van der Waals surface area contributed by atoms with E-state index in [0.717, 1.165) is 13.2 Å². The van der Waals surface area contributed by atoms with Gasteiger partial charge < -0.3 is 14.5 Å². The van der Waals surface area contributed by atoms with Gasteiger partial charge in [-0.15, -0.1) is 0 Å². The number of esters is 2. The van der Waals surface area contributed by atoms with E-state index < -0.39 is 17.5 Å². The Morgan fingerprint density at radius 1 is 1.20 bits per heavy atom. The summed E-state index contributed by atoms with van der Waals surface area (Å²) in [7, 11) is 2.35. The van der Waals surface area contributed by atoms with Crippen LogP contribution in [0.2, 0.25) is 0 Å². The summed E-state index contributed by atoms with van der Waals surface area (Å²) in [6.45, 7) is 0. The number of methoxy groups -OCH3 is 2. The fourth-order valence-corrected chi connectivity index (χ4v) is 0.981. The van der Waals surface area contributed by atoms with Crippen LogP contribution in [0.1, 0.15) is 20.7 Å². The molecule has 1 rings (SSSR count). The molecule has 0 aliphatic heterocycles.